The van der Waals surface area contributed by atoms with E-state index in [0.717, 1.165) is 29.1 Å². The molecule has 0 bridgehead atoms. The molecule has 14 nitrogen and oxygen atoms in total. The van der Waals surface area contributed by atoms with Crippen LogP contribution in [-0.2, 0) is 27.1 Å². The van der Waals surface area contributed by atoms with Crippen LogP contribution in [-0.4, -0.2) is 61.1 Å². The molecule has 0 aromatic heterocycles. The van der Waals surface area contributed by atoms with Crippen LogP contribution >= 0.6 is 23.5 Å². The van der Waals surface area contributed by atoms with Gasteiger partial charge in [0.05, 0.1) is 16.5 Å². The molecule has 0 aliphatic carbocycles. The molecule has 0 spiro atoms. The minimum absolute atomic E-state index is 0.0395. The van der Waals surface area contributed by atoms with Crippen molar-refractivity contribution in [3.63, 3.8) is 0 Å². The number of amidine groups is 2. The Morgan fingerprint density at radius 1 is 0.800 bits per heavy atom. The van der Waals surface area contributed by atoms with E-state index in [1.807, 2.05) is 0 Å². The van der Waals surface area contributed by atoms with Crippen LogP contribution in [0.25, 0.3) is 0 Å². The normalized spacial score (nSPS) is 12.9. The number of nitrogens with one attached hydrogen (secondary N) is 4. The first kappa shape index (κ1) is 41.8. The highest BCUT2D eigenvalue weighted by Gasteiger charge is 2.18. The molecule has 0 saturated heterocycles. The highest BCUT2D eigenvalue weighted by atomic mass is 32.2. The zero-order chi connectivity index (χ0) is 37.5. The van der Waals surface area contributed by atoms with Crippen LogP contribution in [0.4, 0.5) is 21.0 Å². The molecule has 0 aliphatic rings. The van der Waals surface area contributed by atoms with Crippen LogP contribution in [0, 0.1) is 10.8 Å². The average Bonchev–Trinajstić information content (AvgIpc) is 2.93. The number of unbranched alkanes of at least 4 members (excludes halogenated alkanes) is 1. The Kier molecular flexibility index (Phi) is 16.4. The van der Waals surface area contributed by atoms with Crippen LogP contribution in [0.3, 0.4) is 0 Å². The SMILES string of the molecule is CC(C)(C)OC(=O)Nc1cccc(CC(=O)N=C(N)SC(=N)CCCCC(=N)SC(N)=NC(O)Cc2cccc(NC(=O)OC(C)(C)C)c2)c1. The molecular formula is C34H48N8O6S2. The second-order valence-corrected chi connectivity index (χ2v) is 15.3. The molecule has 2 rings (SSSR count). The summed E-state index contributed by atoms with van der Waals surface area (Å²) in [6, 6.07) is 13.7. The molecular weight excluding hydrogens is 681 g/mol. The topological polar surface area (TPSA) is 238 Å². The molecule has 0 heterocycles. The lowest BCUT2D eigenvalue weighted by molar-refractivity contribution is -0.117. The van der Waals surface area contributed by atoms with Gasteiger partial charge in [0.1, 0.15) is 11.2 Å². The molecule has 50 heavy (non-hydrogen) atoms. The first-order chi connectivity index (χ1) is 23.3. The number of hydrogen-bond donors (Lipinski definition) is 7. The first-order valence-corrected chi connectivity index (χ1v) is 17.5. The first-order valence-electron chi connectivity index (χ1n) is 15.8. The number of ether oxygens (including phenoxy) is 2. The lowest BCUT2D eigenvalue weighted by atomic mass is 10.1. The molecule has 1 atom stereocenters. The highest BCUT2D eigenvalue weighted by Crippen LogP contribution is 2.18. The zero-order valence-corrected chi connectivity index (χ0v) is 30.9. The monoisotopic (exact) mass is 728 g/mol. The van der Waals surface area contributed by atoms with Gasteiger partial charge >= 0.3 is 12.2 Å². The number of thioether (sulfide) groups is 2. The van der Waals surface area contributed by atoms with Gasteiger partial charge in [-0.3, -0.25) is 26.2 Å². The number of benzene rings is 2. The minimum Gasteiger partial charge on any atom is -0.444 e. The molecule has 3 amide bonds. The Bertz CT molecular complexity index is 1580. The predicted octanol–water partition coefficient (Wildman–Crippen LogP) is 6.62. The van der Waals surface area contributed by atoms with Gasteiger partial charge in [-0.05, 0) is 126 Å². The molecule has 2 aromatic carbocycles. The molecule has 0 saturated carbocycles. The number of hydrogen-bond acceptors (Lipinski definition) is 11. The van der Waals surface area contributed by atoms with Crippen LogP contribution in [0.1, 0.15) is 78.4 Å². The zero-order valence-electron chi connectivity index (χ0n) is 29.3. The number of amides is 3. The number of nitrogens with zero attached hydrogens (tertiary/aromatic N) is 2. The van der Waals surface area contributed by atoms with Gasteiger partial charge in [0, 0.05) is 17.8 Å². The quantitative estimate of drug-likeness (QED) is 0.0700. The van der Waals surface area contributed by atoms with Gasteiger partial charge in [0.2, 0.25) is 0 Å². The number of carbonyl (C=O) groups excluding carboxylic acids is 3. The maximum absolute atomic E-state index is 12.5. The third-order valence-electron chi connectivity index (χ3n) is 5.94. The summed E-state index contributed by atoms with van der Waals surface area (Å²) in [6.45, 7) is 10.6. The second kappa shape index (κ2) is 19.7. The van der Waals surface area contributed by atoms with Crippen molar-refractivity contribution in [1.29, 1.82) is 10.8 Å². The Morgan fingerprint density at radius 3 is 1.76 bits per heavy atom. The van der Waals surface area contributed by atoms with Gasteiger partial charge in [0.15, 0.2) is 16.6 Å². The predicted molar refractivity (Wildman–Crippen MR) is 203 cm³/mol. The Hall–Kier alpha value is -4.41. The number of aliphatic hydroxyl groups is 1. The molecule has 1 unspecified atom stereocenters. The molecule has 0 aliphatic heterocycles. The Balaban J connectivity index is 1.72. The summed E-state index contributed by atoms with van der Waals surface area (Å²) in [7, 11) is 0. The fourth-order valence-corrected chi connectivity index (χ4v) is 5.41. The lowest BCUT2D eigenvalue weighted by Gasteiger charge is -2.19. The van der Waals surface area contributed by atoms with E-state index in [9.17, 15) is 19.5 Å². The van der Waals surface area contributed by atoms with Gasteiger partial charge in [-0.25, -0.2) is 14.6 Å². The maximum atomic E-state index is 12.5. The summed E-state index contributed by atoms with van der Waals surface area (Å²) < 4.78 is 10.5. The van der Waals surface area contributed by atoms with Crippen molar-refractivity contribution >= 4 is 73.4 Å². The van der Waals surface area contributed by atoms with Gasteiger partial charge in [-0.15, -0.1) is 0 Å². The average molecular weight is 729 g/mol. The number of carbonyl (C=O) groups is 3. The van der Waals surface area contributed by atoms with E-state index in [0.29, 0.717) is 42.6 Å². The maximum Gasteiger partial charge on any atom is 0.412 e. The van der Waals surface area contributed by atoms with Crippen molar-refractivity contribution in [3.8, 4) is 0 Å². The van der Waals surface area contributed by atoms with Crippen molar-refractivity contribution in [2.24, 2.45) is 21.5 Å². The molecule has 0 radical (unpaired) electrons. The van der Waals surface area contributed by atoms with Crippen LogP contribution in [0.15, 0.2) is 58.5 Å². The van der Waals surface area contributed by atoms with E-state index in [1.54, 1.807) is 90.1 Å². The number of nitrogens with two attached hydrogens (primary N) is 2. The van der Waals surface area contributed by atoms with Crippen molar-refractivity contribution < 1.29 is 29.0 Å². The van der Waals surface area contributed by atoms with Gasteiger partial charge < -0.3 is 26.0 Å². The van der Waals surface area contributed by atoms with E-state index in [4.69, 9.17) is 31.8 Å². The van der Waals surface area contributed by atoms with Crippen molar-refractivity contribution in [2.75, 3.05) is 10.6 Å². The third kappa shape index (κ3) is 19.0. The van der Waals surface area contributed by atoms with E-state index in [2.05, 4.69) is 20.6 Å². The summed E-state index contributed by atoms with van der Waals surface area (Å²) in [4.78, 5) is 44.4. The van der Waals surface area contributed by atoms with Crippen LogP contribution in [0.2, 0.25) is 0 Å². The summed E-state index contributed by atoms with van der Waals surface area (Å²) in [5.74, 6) is -0.490. The Labute approximate surface area is 301 Å². The largest absolute Gasteiger partial charge is 0.444 e. The van der Waals surface area contributed by atoms with Gasteiger partial charge in [-0.1, -0.05) is 24.3 Å². The fraction of sp³-hybridized carbons (Fsp3) is 0.441. The molecule has 2 aromatic rings. The number of aliphatic hydroxyl groups excluding tert-OH is 1. The van der Waals surface area contributed by atoms with Crippen molar-refractivity contribution in [1.82, 2.24) is 0 Å². The third-order valence-corrected chi connectivity index (χ3v) is 7.46. The summed E-state index contributed by atoms with van der Waals surface area (Å²) in [6.07, 6.45) is -0.235. The van der Waals surface area contributed by atoms with E-state index in [1.165, 1.54) is 0 Å². The highest BCUT2D eigenvalue weighted by molar-refractivity contribution is 8.26. The fourth-order valence-electron chi connectivity index (χ4n) is 4.09. The standard InChI is InChI=1S/C34H48N8O6S2/c1-33(2,3)47-31(45)39-23-13-9-11-21(17-23)19-27(43)41-29(37)49-25(35)15-7-8-16-26(36)50-30(38)42-28(44)20-22-12-10-14-24(18-22)40-32(46)48-34(4,5)6/h9-14,17-18,27,35-36,43H,7-8,15-16,19-20H2,1-6H3,(H2,37,41)(H,39,45)(H,40,46)(H2,38,42,44). The smallest absolute Gasteiger partial charge is 0.412 e. The molecule has 272 valence electrons. The number of rotatable bonds is 12. The molecule has 0 fully saturated rings. The number of anilines is 2. The summed E-state index contributed by atoms with van der Waals surface area (Å²) >= 11 is 1.85. The van der Waals surface area contributed by atoms with Gasteiger partial charge in [0.25, 0.3) is 5.91 Å². The lowest BCUT2D eigenvalue weighted by Crippen LogP contribution is -2.27. The van der Waals surface area contributed by atoms with E-state index >= 15 is 0 Å². The summed E-state index contributed by atoms with van der Waals surface area (Å²) in [5.41, 5.74) is 12.9. The Morgan fingerprint density at radius 2 is 1.26 bits per heavy atom. The number of aliphatic imine (C=N–C) groups is 2. The van der Waals surface area contributed by atoms with Crippen LogP contribution in [0.5, 0.6) is 0 Å². The van der Waals surface area contributed by atoms with Gasteiger partial charge in [-0.2, -0.15) is 4.99 Å². The summed E-state index contributed by atoms with van der Waals surface area (Å²) in [5, 5.41) is 32.6. The van der Waals surface area contributed by atoms with E-state index < -0.39 is 35.5 Å². The second-order valence-electron chi connectivity index (χ2n) is 13.1. The van der Waals surface area contributed by atoms with Crippen molar-refractivity contribution in [2.45, 2.75) is 97.5 Å². The molecule has 9 N–H and O–H groups in total. The van der Waals surface area contributed by atoms with E-state index in [-0.39, 0.29) is 33.3 Å². The molecule has 16 heteroatoms. The van der Waals surface area contributed by atoms with Crippen molar-refractivity contribution in [3.05, 3.63) is 59.7 Å². The van der Waals surface area contributed by atoms with Crippen LogP contribution < -0.4 is 22.1 Å². The minimum atomic E-state index is -1.14.